The Kier molecular flexibility index (Phi) is 6.90. The van der Waals surface area contributed by atoms with Crippen LogP contribution in [-0.2, 0) is 5.66 Å². The average Bonchev–Trinajstić information content (AvgIpc) is 3.35. The number of aliphatic hydroxyl groups is 1. The molecule has 2 aliphatic heterocycles. The molecule has 0 saturated carbocycles. The van der Waals surface area contributed by atoms with Crippen LogP contribution in [0.5, 0.6) is 5.75 Å². The Labute approximate surface area is 217 Å². The molecular formula is C28H34N6O3. The third kappa shape index (κ3) is 4.92. The highest BCUT2D eigenvalue weighted by Crippen LogP contribution is 2.32. The van der Waals surface area contributed by atoms with Crippen molar-refractivity contribution in [3.8, 4) is 17.0 Å². The minimum absolute atomic E-state index is 0.0531. The van der Waals surface area contributed by atoms with Crippen LogP contribution < -0.4 is 15.4 Å². The monoisotopic (exact) mass is 502 g/mol. The molecule has 3 heterocycles. The van der Waals surface area contributed by atoms with E-state index in [1.54, 1.807) is 7.11 Å². The topological polar surface area (TPSA) is 94.9 Å². The predicted molar refractivity (Wildman–Crippen MR) is 144 cm³/mol. The molecule has 1 unspecified atom stereocenters. The number of anilines is 1. The van der Waals surface area contributed by atoms with Crippen LogP contribution in [0, 0.1) is 6.92 Å². The van der Waals surface area contributed by atoms with Crippen molar-refractivity contribution in [2.24, 2.45) is 0 Å². The number of aliphatic hydroxyl groups excluding tert-OH is 1. The molecular weight excluding hydrogens is 468 g/mol. The summed E-state index contributed by atoms with van der Waals surface area (Å²) < 4.78 is 7.36. The lowest BCUT2D eigenvalue weighted by Gasteiger charge is -2.35. The quantitative estimate of drug-likeness (QED) is 0.457. The van der Waals surface area contributed by atoms with Crippen LogP contribution in [0.2, 0.25) is 0 Å². The van der Waals surface area contributed by atoms with Gasteiger partial charge in [0.1, 0.15) is 5.75 Å². The lowest BCUT2D eigenvalue weighted by Crippen LogP contribution is -2.49. The summed E-state index contributed by atoms with van der Waals surface area (Å²) in [6.07, 6.45) is 5.76. The molecule has 1 amide bonds. The number of carbonyl (C=O) groups excluding carboxylic acids is 1. The minimum Gasteiger partial charge on any atom is -0.497 e. The highest BCUT2D eigenvalue weighted by atomic mass is 16.5. The van der Waals surface area contributed by atoms with E-state index in [9.17, 15) is 4.79 Å². The van der Waals surface area contributed by atoms with Crippen molar-refractivity contribution < 1.29 is 14.6 Å². The third-order valence-electron chi connectivity index (χ3n) is 7.15. The summed E-state index contributed by atoms with van der Waals surface area (Å²) in [5, 5.41) is 16.1. The Bertz CT molecular complexity index is 1290. The second-order valence-corrected chi connectivity index (χ2v) is 9.66. The number of aryl methyl sites for hydroxylation is 1. The molecule has 1 fully saturated rings. The van der Waals surface area contributed by atoms with E-state index in [-0.39, 0.29) is 12.5 Å². The fourth-order valence-corrected chi connectivity index (χ4v) is 5.05. The van der Waals surface area contributed by atoms with E-state index < -0.39 is 5.66 Å². The summed E-state index contributed by atoms with van der Waals surface area (Å²) >= 11 is 0. The zero-order chi connectivity index (χ0) is 26.0. The van der Waals surface area contributed by atoms with Crippen LogP contribution in [-0.4, -0.2) is 76.8 Å². The molecule has 2 aromatic carbocycles. The van der Waals surface area contributed by atoms with E-state index in [4.69, 9.17) is 14.8 Å². The fourth-order valence-electron chi connectivity index (χ4n) is 5.05. The second kappa shape index (κ2) is 10.3. The van der Waals surface area contributed by atoms with Crippen molar-refractivity contribution in [2.75, 3.05) is 51.8 Å². The van der Waals surface area contributed by atoms with Gasteiger partial charge < -0.3 is 25.4 Å². The Morgan fingerprint density at radius 1 is 1.16 bits per heavy atom. The Morgan fingerprint density at radius 3 is 2.59 bits per heavy atom. The molecule has 37 heavy (non-hydrogen) atoms. The highest BCUT2D eigenvalue weighted by molar-refractivity contribution is 5.96. The zero-order valence-corrected chi connectivity index (χ0v) is 21.6. The maximum absolute atomic E-state index is 13.2. The van der Waals surface area contributed by atoms with Gasteiger partial charge in [-0.1, -0.05) is 0 Å². The summed E-state index contributed by atoms with van der Waals surface area (Å²) in [5.41, 5.74) is 3.91. The first-order chi connectivity index (χ1) is 17.9. The van der Waals surface area contributed by atoms with E-state index in [1.165, 1.54) is 0 Å². The Morgan fingerprint density at radius 2 is 1.92 bits per heavy atom. The molecule has 3 aromatic rings. The maximum Gasteiger partial charge on any atom is 0.254 e. The number of amides is 1. The van der Waals surface area contributed by atoms with Crippen molar-refractivity contribution in [1.29, 1.82) is 0 Å². The second-order valence-electron chi connectivity index (χ2n) is 9.66. The van der Waals surface area contributed by atoms with Gasteiger partial charge in [-0.25, -0.2) is 4.98 Å². The van der Waals surface area contributed by atoms with Crippen molar-refractivity contribution in [3.63, 3.8) is 0 Å². The lowest BCUT2D eigenvalue weighted by atomic mass is 10.0. The molecule has 5 rings (SSSR count). The normalized spacial score (nSPS) is 19.3. The van der Waals surface area contributed by atoms with Gasteiger partial charge in [-0.15, -0.1) is 0 Å². The molecule has 0 aliphatic carbocycles. The summed E-state index contributed by atoms with van der Waals surface area (Å²) in [5.74, 6) is 1.70. The Balaban J connectivity index is 1.33. The van der Waals surface area contributed by atoms with Crippen LogP contribution in [0.15, 0.2) is 54.9 Å². The molecule has 194 valence electrons. The molecule has 0 spiro atoms. The number of rotatable bonds is 7. The molecule has 1 saturated heterocycles. The summed E-state index contributed by atoms with van der Waals surface area (Å²) in [6, 6.07) is 13.8. The predicted octanol–water partition coefficient (Wildman–Crippen LogP) is 2.93. The first-order valence-corrected chi connectivity index (χ1v) is 12.6. The molecule has 1 atom stereocenters. The number of hydrogen-bond donors (Lipinski definition) is 3. The molecule has 9 heteroatoms. The third-order valence-corrected chi connectivity index (χ3v) is 7.15. The van der Waals surface area contributed by atoms with Crippen molar-refractivity contribution >= 4 is 17.8 Å². The van der Waals surface area contributed by atoms with Gasteiger partial charge in [0.15, 0.2) is 11.5 Å². The lowest BCUT2D eigenvalue weighted by molar-refractivity contribution is 0.0614. The van der Waals surface area contributed by atoms with Gasteiger partial charge in [0.2, 0.25) is 0 Å². The summed E-state index contributed by atoms with van der Waals surface area (Å²) in [7, 11) is 1.66. The van der Waals surface area contributed by atoms with Crippen molar-refractivity contribution in [2.45, 2.75) is 19.5 Å². The van der Waals surface area contributed by atoms with E-state index >= 15 is 0 Å². The van der Waals surface area contributed by atoms with Gasteiger partial charge in [0.05, 0.1) is 25.6 Å². The Hall–Kier alpha value is -3.82. The molecule has 9 nitrogen and oxygen atoms in total. The van der Waals surface area contributed by atoms with Crippen LogP contribution in [0.25, 0.3) is 17.5 Å². The number of imidazole rings is 1. The maximum atomic E-state index is 13.2. The van der Waals surface area contributed by atoms with Gasteiger partial charge >= 0.3 is 0 Å². The van der Waals surface area contributed by atoms with E-state index in [1.807, 2.05) is 79.8 Å². The van der Waals surface area contributed by atoms with E-state index in [0.717, 1.165) is 47.2 Å². The number of methoxy groups -OCH3 is 1. The van der Waals surface area contributed by atoms with Gasteiger partial charge in [0, 0.05) is 61.9 Å². The number of ether oxygens (including phenoxy) is 1. The molecule has 0 bridgehead atoms. The first kappa shape index (κ1) is 24.9. The fraction of sp³-hybridized carbons (Fsp3) is 0.357. The number of carbonyl (C=O) groups is 1. The van der Waals surface area contributed by atoms with Crippen LogP contribution >= 0.6 is 0 Å². The smallest absolute Gasteiger partial charge is 0.254 e. The highest BCUT2D eigenvalue weighted by Gasteiger charge is 2.34. The van der Waals surface area contributed by atoms with Gasteiger partial charge in [0.25, 0.3) is 5.91 Å². The van der Waals surface area contributed by atoms with Crippen LogP contribution in [0.1, 0.15) is 28.7 Å². The number of hydrogen-bond acceptors (Lipinski definition) is 7. The number of benzene rings is 2. The zero-order valence-electron chi connectivity index (χ0n) is 21.6. The van der Waals surface area contributed by atoms with Crippen LogP contribution in [0.4, 0.5) is 5.69 Å². The van der Waals surface area contributed by atoms with Gasteiger partial charge in [-0.05, 0) is 61.9 Å². The van der Waals surface area contributed by atoms with E-state index in [2.05, 4.69) is 20.1 Å². The standard InChI is InChI=1S/C28H34N6O3/c1-20-18-22(6-9-24(20)26(36)33-14-12-32(13-15-33)16-17-35)31-28(2)27-29-19-25(34(27)11-10-30-28)21-4-7-23(37-3)8-5-21/h4-11,18-19,30-31,35H,12-17H2,1-3H3. The largest absolute Gasteiger partial charge is 0.497 e. The van der Waals surface area contributed by atoms with Gasteiger partial charge in [-0.2, -0.15) is 0 Å². The number of nitrogens with zero attached hydrogens (tertiary/aromatic N) is 4. The van der Waals surface area contributed by atoms with Crippen molar-refractivity contribution in [1.82, 2.24) is 24.7 Å². The number of β-amino-alcohol motifs (C(OH)–C–C–N with tert-alkyl or cyclic N) is 1. The van der Waals surface area contributed by atoms with Gasteiger partial charge in [-0.3, -0.25) is 14.3 Å². The minimum atomic E-state index is -0.652. The van der Waals surface area contributed by atoms with E-state index in [0.29, 0.717) is 25.2 Å². The molecule has 3 N–H and O–H groups in total. The number of nitrogens with one attached hydrogen (secondary N) is 2. The van der Waals surface area contributed by atoms with Crippen molar-refractivity contribution in [3.05, 3.63) is 71.8 Å². The summed E-state index contributed by atoms with van der Waals surface area (Å²) in [4.78, 5) is 22.0. The first-order valence-electron chi connectivity index (χ1n) is 12.6. The average molecular weight is 503 g/mol. The number of fused-ring (bicyclic) bond motifs is 1. The molecule has 1 aromatic heterocycles. The van der Waals surface area contributed by atoms with Crippen LogP contribution in [0.3, 0.4) is 0 Å². The molecule has 2 aliphatic rings. The number of piperazine rings is 1. The summed E-state index contributed by atoms with van der Waals surface area (Å²) in [6.45, 7) is 7.74. The SMILES string of the molecule is COc1ccc(-c2cnc3n2C=CNC3(C)Nc2ccc(C(=O)N3CCN(CCO)CC3)c(C)c2)cc1. The molecule has 0 radical (unpaired) electrons. The number of aromatic nitrogens is 2.